The van der Waals surface area contributed by atoms with Gasteiger partial charge < -0.3 is 9.31 Å². The normalized spacial score (nSPS) is 22.7. The minimum absolute atomic E-state index is 0.257. The molecular weight excluding hydrogens is 221 g/mol. The maximum atomic E-state index is 6.00. The molecule has 0 saturated carbocycles. The smallest absolute Gasteiger partial charge is 0.399 e. The van der Waals surface area contributed by atoms with Gasteiger partial charge in [-0.3, -0.25) is 4.98 Å². The maximum absolute atomic E-state index is 6.00. The van der Waals surface area contributed by atoms with Gasteiger partial charge in [0, 0.05) is 0 Å². The first-order valence-electron chi connectivity index (χ1n) is 5.65. The second-order valence-corrected chi connectivity index (χ2v) is 5.99. The van der Waals surface area contributed by atoms with Crippen LogP contribution in [0.2, 0.25) is 0 Å². The molecule has 1 aliphatic rings. The van der Waals surface area contributed by atoms with Crippen LogP contribution in [0.25, 0.3) is 0 Å². The average molecular weight is 239 g/mol. The van der Waals surface area contributed by atoms with Gasteiger partial charge in [-0.2, -0.15) is 0 Å². The zero-order chi connectivity index (χ0) is 12.0. The van der Waals surface area contributed by atoms with Gasteiger partial charge in [0.15, 0.2) is 0 Å². The van der Waals surface area contributed by atoms with E-state index in [1.165, 1.54) is 0 Å². The second-order valence-electron chi connectivity index (χ2n) is 5.11. The Kier molecular flexibility index (Phi) is 2.89. The van der Waals surface area contributed by atoms with E-state index in [1.807, 2.05) is 5.51 Å². The summed E-state index contributed by atoms with van der Waals surface area (Å²) in [6, 6.07) is 0. The molecule has 88 valence electrons. The van der Waals surface area contributed by atoms with Crippen molar-refractivity contribution < 1.29 is 9.31 Å². The molecule has 1 aliphatic heterocycles. The Balaban J connectivity index is 2.27. The average Bonchev–Trinajstić information content (AvgIpc) is 2.69. The number of thiazole rings is 1. The van der Waals surface area contributed by atoms with E-state index in [-0.39, 0.29) is 18.3 Å². The topological polar surface area (TPSA) is 31.4 Å². The monoisotopic (exact) mass is 239 g/mol. The Morgan fingerprint density at radius 2 is 1.81 bits per heavy atom. The molecule has 0 aromatic carbocycles. The van der Waals surface area contributed by atoms with E-state index in [0.717, 1.165) is 16.9 Å². The molecule has 1 aromatic rings. The molecule has 1 fully saturated rings. The number of nitrogens with zero attached hydrogens (tertiary/aromatic N) is 1. The summed E-state index contributed by atoms with van der Waals surface area (Å²) in [5.74, 6) is 0. The molecule has 0 atom stereocenters. The van der Waals surface area contributed by atoms with Crippen molar-refractivity contribution >= 4 is 23.2 Å². The van der Waals surface area contributed by atoms with Crippen molar-refractivity contribution in [3.63, 3.8) is 0 Å². The summed E-state index contributed by atoms with van der Waals surface area (Å²) in [6.45, 7) is 10.4. The summed E-state index contributed by atoms with van der Waals surface area (Å²) < 4.78 is 13.1. The highest BCUT2D eigenvalue weighted by atomic mass is 32.1. The molecule has 1 aromatic heterocycles. The van der Waals surface area contributed by atoms with Crippen molar-refractivity contribution in [1.29, 1.82) is 0 Å². The molecule has 2 rings (SSSR count). The highest BCUT2D eigenvalue weighted by molar-refractivity contribution is 7.20. The van der Waals surface area contributed by atoms with E-state index in [9.17, 15) is 0 Å². The standard InChI is InChI=1S/C11H18BNO2S/c1-6-8-9(16-7-13-8)12-14-10(2,3)11(4,5)15-12/h7H,6H2,1-5H3. The zero-order valence-corrected chi connectivity index (χ0v) is 11.4. The van der Waals surface area contributed by atoms with Crippen LogP contribution in [0, 0.1) is 0 Å². The number of aryl methyl sites for hydroxylation is 1. The Labute approximate surface area is 101 Å². The number of hydrogen-bond acceptors (Lipinski definition) is 4. The van der Waals surface area contributed by atoms with Crippen molar-refractivity contribution in [1.82, 2.24) is 4.98 Å². The van der Waals surface area contributed by atoms with Crippen molar-refractivity contribution in [2.45, 2.75) is 52.2 Å². The Morgan fingerprint density at radius 3 is 2.31 bits per heavy atom. The lowest BCUT2D eigenvalue weighted by atomic mass is 9.86. The molecule has 0 unspecified atom stereocenters. The third kappa shape index (κ3) is 1.81. The van der Waals surface area contributed by atoms with Crippen molar-refractivity contribution in [2.24, 2.45) is 0 Å². The number of rotatable bonds is 2. The summed E-state index contributed by atoms with van der Waals surface area (Å²) >= 11 is 1.61. The van der Waals surface area contributed by atoms with Gasteiger partial charge in [-0.15, -0.1) is 11.3 Å². The summed E-state index contributed by atoms with van der Waals surface area (Å²) in [5.41, 5.74) is 2.40. The highest BCUT2D eigenvalue weighted by Crippen LogP contribution is 2.36. The Bertz CT molecular complexity index is 373. The lowest BCUT2D eigenvalue weighted by Crippen LogP contribution is -2.41. The van der Waals surface area contributed by atoms with Crippen LogP contribution in [0.5, 0.6) is 0 Å². The molecule has 0 aliphatic carbocycles. The lowest BCUT2D eigenvalue weighted by molar-refractivity contribution is 0.00578. The summed E-state index contributed by atoms with van der Waals surface area (Å²) in [6.07, 6.45) is 0.920. The first kappa shape index (κ1) is 12.1. The predicted molar refractivity (Wildman–Crippen MR) is 67.2 cm³/mol. The second kappa shape index (κ2) is 3.82. The summed E-state index contributed by atoms with van der Waals surface area (Å²) in [4.78, 5) is 4.33. The molecule has 5 heteroatoms. The fraction of sp³-hybridized carbons (Fsp3) is 0.727. The van der Waals surface area contributed by atoms with Gasteiger partial charge in [0.1, 0.15) is 0 Å². The van der Waals surface area contributed by atoms with Crippen molar-refractivity contribution in [3.05, 3.63) is 11.2 Å². The summed E-state index contributed by atoms with van der Waals surface area (Å²) in [5, 5.41) is 0. The molecular formula is C11H18BNO2S. The van der Waals surface area contributed by atoms with E-state index >= 15 is 0 Å². The zero-order valence-electron chi connectivity index (χ0n) is 10.5. The van der Waals surface area contributed by atoms with Crippen LogP contribution >= 0.6 is 11.3 Å². The van der Waals surface area contributed by atoms with Crippen LogP contribution in [-0.2, 0) is 15.7 Å². The number of aromatic nitrogens is 1. The Morgan fingerprint density at radius 1 is 1.25 bits per heavy atom. The molecule has 1 saturated heterocycles. The van der Waals surface area contributed by atoms with E-state index in [1.54, 1.807) is 11.3 Å². The molecule has 0 radical (unpaired) electrons. The van der Waals surface area contributed by atoms with Crippen LogP contribution in [0.15, 0.2) is 5.51 Å². The minimum atomic E-state index is -0.271. The predicted octanol–water partition coefficient (Wildman–Crippen LogP) is 2.00. The molecule has 0 spiro atoms. The van der Waals surface area contributed by atoms with Crippen LogP contribution in [0.1, 0.15) is 40.3 Å². The quantitative estimate of drug-likeness (QED) is 0.740. The van der Waals surface area contributed by atoms with E-state index in [2.05, 4.69) is 39.6 Å². The summed E-state index contributed by atoms with van der Waals surface area (Å²) in [7, 11) is -0.257. The van der Waals surface area contributed by atoms with Gasteiger partial charge in [-0.1, -0.05) is 6.92 Å². The van der Waals surface area contributed by atoms with E-state index in [0.29, 0.717) is 0 Å². The first-order chi connectivity index (χ1) is 7.37. The molecule has 3 nitrogen and oxygen atoms in total. The van der Waals surface area contributed by atoms with Crippen LogP contribution in [0.3, 0.4) is 0 Å². The van der Waals surface area contributed by atoms with Gasteiger partial charge in [0.05, 0.1) is 27.2 Å². The van der Waals surface area contributed by atoms with Gasteiger partial charge >= 0.3 is 7.12 Å². The van der Waals surface area contributed by atoms with E-state index in [4.69, 9.17) is 9.31 Å². The third-order valence-corrected chi connectivity index (χ3v) is 4.37. The fourth-order valence-electron chi connectivity index (χ4n) is 1.69. The molecule has 0 bridgehead atoms. The largest absolute Gasteiger partial charge is 0.507 e. The molecule has 2 heterocycles. The van der Waals surface area contributed by atoms with Gasteiger partial charge in [-0.25, -0.2) is 0 Å². The fourth-order valence-corrected chi connectivity index (χ4v) is 2.52. The van der Waals surface area contributed by atoms with Gasteiger partial charge in [0.25, 0.3) is 0 Å². The van der Waals surface area contributed by atoms with Crippen LogP contribution in [0.4, 0.5) is 0 Å². The van der Waals surface area contributed by atoms with Gasteiger partial charge in [-0.05, 0) is 34.1 Å². The Hall–Kier alpha value is -0.385. The lowest BCUT2D eigenvalue weighted by Gasteiger charge is -2.32. The highest BCUT2D eigenvalue weighted by Gasteiger charge is 2.52. The van der Waals surface area contributed by atoms with Gasteiger partial charge in [0.2, 0.25) is 0 Å². The van der Waals surface area contributed by atoms with Crippen molar-refractivity contribution in [3.8, 4) is 0 Å². The SMILES string of the molecule is CCc1ncsc1B1OC(C)(C)C(C)(C)O1. The molecule has 16 heavy (non-hydrogen) atoms. The number of hydrogen-bond donors (Lipinski definition) is 0. The van der Waals surface area contributed by atoms with Crippen LogP contribution in [-0.4, -0.2) is 23.3 Å². The minimum Gasteiger partial charge on any atom is -0.399 e. The molecule has 0 amide bonds. The van der Waals surface area contributed by atoms with E-state index < -0.39 is 0 Å². The van der Waals surface area contributed by atoms with Crippen molar-refractivity contribution in [2.75, 3.05) is 0 Å². The van der Waals surface area contributed by atoms with Crippen LogP contribution < -0.4 is 4.78 Å². The first-order valence-corrected chi connectivity index (χ1v) is 6.53. The molecule has 0 N–H and O–H groups in total. The third-order valence-electron chi connectivity index (χ3n) is 3.47. The maximum Gasteiger partial charge on any atom is 0.507 e.